The lowest BCUT2D eigenvalue weighted by molar-refractivity contribution is -0.119. The second-order valence-electron chi connectivity index (χ2n) is 13.4. The first kappa shape index (κ1) is 37.0. The van der Waals surface area contributed by atoms with Crippen LogP contribution in [0.4, 0.5) is 14.5 Å². The Kier molecular flexibility index (Phi) is 12.6. The molecule has 5 rings (SSSR count). The fourth-order valence-electron chi connectivity index (χ4n) is 6.14. The van der Waals surface area contributed by atoms with Gasteiger partial charge in [-0.05, 0) is 112 Å². The lowest BCUT2D eigenvalue weighted by atomic mass is 9.81. The van der Waals surface area contributed by atoms with Crippen LogP contribution in [0.2, 0.25) is 0 Å². The molecule has 0 aliphatic heterocycles. The molecule has 0 saturated heterocycles. The van der Waals surface area contributed by atoms with Crippen LogP contribution in [0.25, 0.3) is 22.5 Å². The summed E-state index contributed by atoms with van der Waals surface area (Å²) in [5, 5.41) is 23.6. The Labute approximate surface area is 292 Å². The molecular formula is C37H48F2N8O3. The average Bonchev–Trinajstić information content (AvgIpc) is 3.62. The molecule has 2 aromatic carbocycles. The molecule has 0 bridgehead atoms. The number of alkyl halides is 2. The highest BCUT2D eigenvalue weighted by Crippen LogP contribution is 2.30. The van der Waals surface area contributed by atoms with E-state index in [0.29, 0.717) is 42.6 Å². The summed E-state index contributed by atoms with van der Waals surface area (Å²) in [6, 6.07) is 17.6. The summed E-state index contributed by atoms with van der Waals surface area (Å²) in [6.45, 7) is 2.91. The molecule has 1 aliphatic carbocycles. The van der Waals surface area contributed by atoms with E-state index in [0.717, 1.165) is 62.3 Å². The molecule has 4 aromatic rings. The summed E-state index contributed by atoms with van der Waals surface area (Å²) in [5.41, 5.74) is 9.66. The van der Waals surface area contributed by atoms with Gasteiger partial charge in [0.2, 0.25) is 11.8 Å². The number of nitrogens with two attached hydrogens (primary N) is 1. The van der Waals surface area contributed by atoms with Crippen LogP contribution in [0.3, 0.4) is 0 Å². The highest BCUT2D eigenvalue weighted by atomic mass is 19.3. The van der Waals surface area contributed by atoms with Gasteiger partial charge in [0.1, 0.15) is 6.23 Å². The van der Waals surface area contributed by atoms with Gasteiger partial charge in [0, 0.05) is 42.5 Å². The summed E-state index contributed by atoms with van der Waals surface area (Å²) in [4.78, 5) is 24.3. The van der Waals surface area contributed by atoms with E-state index in [9.17, 15) is 18.7 Å². The lowest BCUT2D eigenvalue weighted by Crippen LogP contribution is -2.50. The number of H-pyrrole nitrogens is 1. The molecule has 1 amide bonds. The van der Waals surface area contributed by atoms with Gasteiger partial charge >= 0.3 is 5.92 Å². The van der Waals surface area contributed by atoms with E-state index in [1.54, 1.807) is 30.5 Å². The third kappa shape index (κ3) is 10.4. The van der Waals surface area contributed by atoms with Crippen LogP contribution in [0.5, 0.6) is 5.88 Å². The number of anilines is 1. The number of aliphatic hydroxyl groups is 1. The maximum Gasteiger partial charge on any atom is 0.303 e. The van der Waals surface area contributed by atoms with Crippen LogP contribution in [-0.2, 0) is 17.1 Å². The van der Waals surface area contributed by atoms with Gasteiger partial charge in [0.05, 0.1) is 12.6 Å². The largest absolute Gasteiger partial charge is 0.478 e. The van der Waals surface area contributed by atoms with Gasteiger partial charge in [-0.2, -0.15) is 13.9 Å². The molecule has 0 radical (unpaired) electrons. The molecular weight excluding hydrogens is 642 g/mol. The van der Waals surface area contributed by atoms with E-state index in [2.05, 4.69) is 35.7 Å². The number of carbonyl (C=O) groups is 1. The predicted octanol–water partition coefficient (Wildman–Crippen LogP) is 5.20. The molecule has 2 atom stereocenters. The Balaban J connectivity index is 1.28. The van der Waals surface area contributed by atoms with Gasteiger partial charge in [-0.25, -0.2) is 9.97 Å². The summed E-state index contributed by atoms with van der Waals surface area (Å²) < 4.78 is 33.1. The fraction of sp³-hybridized carbons (Fsp3) is 0.459. The van der Waals surface area contributed by atoms with Crippen molar-refractivity contribution in [3.05, 3.63) is 78.2 Å². The minimum absolute atomic E-state index is 0.00940. The zero-order valence-electron chi connectivity index (χ0n) is 28.9. The van der Waals surface area contributed by atoms with Gasteiger partial charge in [0.15, 0.2) is 11.6 Å². The number of hydrogen-bond acceptors (Lipinski definition) is 9. The van der Waals surface area contributed by atoms with Gasteiger partial charge in [0.25, 0.3) is 0 Å². The molecule has 13 heteroatoms. The second-order valence-corrected chi connectivity index (χ2v) is 13.4. The molecule has 1 saturated carbocycles. The number of aromatic amines is 1. The molecule has 1 aliphatic rings. The Morgan fingerprint density at radius 3 is 2.46 bits per heavy atom. The molecule has 2 aromatic heterocycles. The highest BCUT2D eigenvalue weighted by molar-refractivity contribution is 5.95. The highest BCUT2D eigenvalue weighted by Gasteiger charge is 2.31. The minimum Gasteiger partial charge on any atom is -0.478 e. The number of ether oxygens (including phenoxy) is 1. The molecule has 268 valence electrons. The fourth-order valence-corrected chi connectivity index (χ4v) is 6.14. The number of aromatic nitrogens is 4. The standard InChI is InChI=1S/C37H48F2N8O3/c1-37(38,39)36-44-33(45-46-36)26-12-15-30(16-13-26)42-35(49)31(43-34(48)27-10-8-24(22-40)9-11-27)21-25-6-4-7-28(20-25)29-14-17-32(41-23-29)50-19-5-18-47(2)3/h4,6-7,12-17,20,23-24,27,31,34,43,48H,5,8-11,18-19,21-22,40H2,1-3H3,(H,42,49)(H,44,45,46). The molecule has 2 heterocycles. The number of nitrogens with one attached hydrogen (secondary N) is 3. The summed E-state index contributed by atoms with van der Waals surface area (Å²) in [7, 11) is 4.06. The normalized spacial score (nSPS) is 17.8. The Bertz CT molecular complexity index is 1650. The Morgan fingerprint density at radius 2 is 1.82 bits per heavy atom. The van der Waals surface area contributed by atoms with Crippen molar-refractivity contribution in [2.24, 2.45) is 17.6 Å². The van der Waals surface area contributed by atoms with Crippen molar-refractivity contribution < 1.29 is 23.4 Å². The smallest absolute Gasteiger partial charge is 0.303 e. The van der Waals surface area contributed by atoms with Gasteiger partial charge < -0.3 is 25.8 Å². The van der Waals surface area contributed by atoms with Crippen LogP contribution < -0.4 is 21.1 Å². The van der Waals surface area contributed by atoms with Crippen molar-refractivity contribution >= 4 is 11.6 Å². The lowest BCUT2D eigenvalue weighted by Gasteiger charge is -2.33. The molecule has 6 N–H and O–H groups in total. The number of pyridine rings is 1. The van der Waals surface area contributed by atoms with Crippen LogP contribution in [-0.4, -0.2) is 82.1 Å². The number of carbonyl (C=O) groups excluding carboxylic acids is 1. The SMILES string of the molecule is CN(C)CCCOc1ccc(-c2cccc(CC(NC(O)C3CCC(CN)CC3)C(=O)Nc3ccc(-c4n[nH]c(C(C)(F)F)n4)cc3)c2)cn1. The number of hydrogen-bond donors (Lipinski definition) is 5. The Morgan fingerprint density at radius 1 is 1.08 bits per heavy atom. The third-order valence-electron chi connectivity index (χ3n) is 9.11. The van der Waals surface area contributed by atoms with Crippen molar-refractivity contribution in [3.63, 3.8) is 0 Å². The van der Waals surface area contributed by atoms with Crippen molar-refractivity contribution in [1.82, 2.24) is 30.4 Å². The summed E-state index contributed by atoms with van der Waals surface area (Å²) in [6.07, 6.45) is 5.68. The maximum atomic E-state index is 13.8. The van der Waals surface area contributed by atoms with Gasteiger partial charge in [-0.1, -0.05) is 24.3 Å². The molecule has 0 spiro atoms. The summed E-state index contributed by atoms with van der Waals surface area (Å²) >= 11 is 0. The van der Waals surface area contributed by atoms with Crippen molar-refractivity contribution in [1.29, 1.82) is 0 Å². The molecule has 50 heavy (non-hydrogen) atoms. The number of halogens is 2. The topological polar surface area (TPSA) is 154 Å². The second kappa shape index (κ2) is 17.1. The predicted molar refractivity (Wildman–Crippen MR) is 189 cm³/mol. The van der Waals surface area contributed by atoms with Crippen molar-refractivity contribution in [3.8, 4) is 28.4 Å². The first-order valence-electron chi connectivity index (χ1n) is 17.2. The number of aliphatic hydroxyl groups excluding tert-OH is 1. The molecule has 11 nitrogen and oxygen atoms in total. The zero-order chi connectivity index (χ0) is 35.7. The number of rotatable bonds is 16. The number of nitrogens with zero attached hydrogens (tertiary/aromatic N) is 4. The minimum atomic E-state index is -3.14. The van der Waals surface area contributed by atoms with Crippen LogP contribution >= 0.6 is 0 Å². The van der Waals surface area contributed by atoms with Crippen LogP contribution in [0, 0.1) is 11.8 Å². The maximum absolute atomic E-state index is 13.8. The number of benzene rings is 2. The van der Waals surface area contributed by atoms with Gasteiger partial charge in [-0.3, -0.25) is 15.2 Å². The number of amides is 1. The monoisotopic (exact) mass is 690 g/mol. The first-order chi connectivity index (χ1) is 24.0. The van der Waals surface area contributed by atoms with E-state index in [1.807, 2.05) is 50.5 Å². The summed E-state index contributed by atoms with van der Waals surface area (Å²) in [5.74, 6) is -2.81. The van der Waals surface area contributed by atoms with Crippen LogP contribution in [0.1, 0.15) is 50.4 Å². The Hall–Kier alpha value is -4.30. The molecule has 1 fully saturated rings. The quantitative estimate of drug-likeness (QED) is 0.0789. The first-order valence-corrected chi connectivity index (χ1v) is 17.2. The van der Waals surface area contributed by atoms with E-state index < -0.39 is 24.0 Å². The zero-order valence-corrected chi connectivity index (χ0v) is 28.9. The van der Waals surface area contributed by atoms with Crippen LogP contribution in [0.15, 0.2) is 66.9 Å². The third-order valence-corrected chi connectivity index (χ3v) is 9.11. The van der Waals surface area contributed by atoms with Gasteiger partial charge in [-0.15, -0.1) is 0 Å². The van der Waals surface area contributed by atoms with Crippen molar-refractivity contribution in [2.75, 3.05) is 39.1 Å². The van der Waals surface area contributed by atoms with Crippen molar-refractivity contribution in [2.45, 2.75) is 63.6 Å². The van der Waals surface area contributed by atoms with E-state index in [1.165, 1.54) is 0 Å². The van der Waals surface area contributed by atoms with E-state index in [-0.39, 0.29) is 17.6 Å². The van der Waals surface area contributed by atoms with E-state index in [4.69, 9.17) is 10.5 Å². The van der Waals surface area contributed by atoms with E-state index >= 15 is 0 Å². The average molecular weight is 691 g/mol. The molecule has 2 unspecified atom stereocenters.